The van der Waals surface area contributed by atoms with Crippen molar-refractivity contribution in [1.29, 1.82) is 0 Å². The molecule has 158 valence electrons. The molecular weight excluding hydrogens is 391 g/mol. The van der Waals surface area contributed by atoms with Crippen molar-refractivity contribution in [3.8, 4) is 11.4 Å². The first-order chi connectivity index (χ1) is 14.3. The maximum Gasteiger partial charge on any atom is 0.330 e. The Labute approximate surface area is 171 Å². The van der Waals surface area contributed by atoms with Gasteiger partial charge in [0.15, 0.2) is 17.2 Å². The Kier molecular flexibility index (Phi) is 5.95. The molecule has 0 saturated carbocycles. The molecule has 10 heteroatoms. The van der Waals surface area contributed by atoms with Gasteiger partial charge in [-0.05, 0) is 45.0 Å². The Morgan fingerprint density at radius 2 is 1.70 bits per heavy atom. The number of aryl methyl sites for hydroxylation is 1. The topological polar surface area (TPSA) is 116 Å². The second kappa shape index (κ2) is 8.44. The van der Waals surface area contributed by atoms with Crippen LogP contribution in [0.25, 0.3) is 22.6 Å². The first-order valence-electron chi connectivity index (χ1n) is 9.66. The third-order valence-electron chi connectivity index (χ3n) is 4.91. The minimum Gasteiger partial charge on any atom is -0.364 e. The van der Waals surface area contributed by atoms with E-state index in [-0.39, 0.29) is 41.7 Å². The van der Waals surface area contributed by atoms with Crippen LogP contribution in [-0.2, 0) is 17.9 Å². The first kappa shape index (κ1) is 21.2. The summed E-state index contributed by atoms with van der Waals surface area (Å²) in [7, 11) is 0. The summed E-state index contributed by atoms with van der Waals surface area (Å²) >= 11 is 0. The number of carbonyl (C=O) groups excluding carboxylic acids is 2. The van der Waals surface area contributed by atoms with Crippen LogP contribution in [0.2, 0.25) is 0 Å². The molecule has 2 amide bonds. The van der Waals surface area contributed by atoms with E-state index in [2.05, 4.69) is 9.97 Å². The molecule has 0 saturated heterocycles. The van der Waals surface area contributed by atoms with Gasteiger partial charge in [-0.25, -0.2) is 19.2 Å². The Balaban J connectivity index is 2.28. The van der Waals surface area contributed by atoms with Crippen LogP contribution >= 0.6 is 0 Å². The number of aromatic nitrogens is 4. The zero-order valence-electron chi connectivity index (χ0n) is 17.1. The predicted molar refractivity (Wildman–Crippen MR) is 109 cm³/mol. The summed E-state index contributed by atoms with van der Waals surface area (Å²) < 4.78 is 15.8. The Morgan fingerprint density at radius 1 is 1.07 bits per heavy atom. The van der Waals surface area contributed by atoms with Crippen LogP contribution in [0, 0.1) is 5.82 Å². The van der Waals surface area contributed by atoms with E-state index in [0.717, 1.165) is 0 Å². The number of fused-ring (bicyclic) bond motifs is 1. The first-order valence-corrected chi connectivity index (χ1v) is 9.66. The smallest absolute Gasteiger partial charge is 0.330 e. The molecule has 9 nitrogen and oxygen atoms in total. The van der Waals surface area contributed by atoms with E-state index >= 15 is 0 Å². The summed E-state index contributed by atoms with van der Waals surface area (Å²) in [6.07, 6.45) is 0. The van der Waals surface area contributed by atoms with Gasteiger partial charge >= 0.3 is 5.69 Å². The van der Waals surface area contributed by atoms with Crippen molar-refractivity contribution in [2.45, 2.75) is 33.9 Å². The molecule has 0 aliphatic carbocycles. The maximum atomic E-state index is 13.3. The molecule has 0 radical (unpaired) electrons. The zero-order chi connectivity index (χ0) is 22.0. The van der Waals surface area contributed by atoms with Crippen molar-refractivity contribution in [3.63, 3.8) is 0 Å². The molecule has 30 heavy (non-hydrogen) atoms. The standard InChI is InChI=1S/C20H23FN6O3/c1-4-25(5-2)14(28)11-27-16-15(17(22)29)23-18(12-7-9-13(21)10-8-12)24-19(16)26(6-3)20(27)30/h7-10H,4-6,11H2,1-3H3,(H2,22,29). The number of amides is 2. The number of imidazole rings is 1. The second-order valence-electron chi connectivity index (χ2n) is 6.62. The number of primary amides is 1. The molecule has 0 spiro atoms. The van der Waals surface area contributed by atoms with Gasteiger partial charge < -0.3 is 10.6 Å². The van der Waals surface area contributed by atoms with Gasteiger partial charge in [0.2, 0.25) is 5.91 Å². The molecule has 0 aliphatic rings. The van der Waals surface area contributed by atoms with Gasteiger partial charge in [0.05, 0.1) is 0 Å². The Bertz CT molecular complexity index is 1160. The monoisotopic (exact) mass is 414 g/mol. The minimum absolute atomic E-state index is 0.112. The average Bonchev–Trinajstić information content (AvgIpc) is 2.99. The van der Waals surface area contributed by atoms with E-state index in [9.17, 15) is 18.8 Å². The summed E-state index contributed by atoms with van der Waals surface area (Å²) in [6.45, 7) is 6.41. The van der Waals surface area contributed by atoms with Gasteiger partial charge in [-0.15, -0.1) is 0 Å². The van der Waals surface area contributed by atoms with E-state index < -0.39 is 17.4 Å². The van der Waals surface area contributed by atoms with Crippen LogP contribution in [0.1, 0.15) is 31.3 Å². The average molecular weight is 414 g/mol. The molecule has 0 aliphatic heterocycles. The predicted octanol–water partition coefficient (Wildman–Crippen LogP) is 1.39. The molecular formula is C20H23FN6O3. The number of carbonyl (C=O) groups is 2. The highest BCUT2D eigenvalue weighted by Crippen LogP contribution is 2.22. The van der Waals surface area contributed by atoms with Crippen LogP contribution < -0.4 is 11.4 Å². The second-order valence-corrected chi connectivity index (χ2v) is 6.62. The van der Waals surface area contributed by atoms with Gasteiger partial charge in [-0.2, -0.15) is 0 Å². The number of hydrogen-bond donors (Lipinski definition) is 1. The number of halogens is 1. The molecule has 2 aromatic heterocycles. The van der Waals surface area contributed by atoms with E-state index in [1.165, 1.54) is 33.4 Å². The molecule has 0 fully saturated rings. The van der Waals surface area contributed by atoms with Crippen LogP contribution in [0.5, 0.6) is 0 Å². The van der Waals surface area contributed by atoms with Crippen LogP contribution in [0.15, 0.2) is 29.1 Å². The van der Waals surface area contributed by atoms with E-state index in [1.807, 2.05) is 13.8 Å². The van der Waals surface area contributed by atoms with Crippen molar-refractivity contribution in [1.82, 2.24) is 24.0 Å². The van der Waals surface area contributed by atoms with E-state index in [0.29, 0.717) is 18.7 Å². The van der Waals surface area contributed by atoms with Crippen molar-refractivity contribution in [2.75, 3.05) is 13.1 Å². The summed E-state index contributed by atoms with van der Waals surface area (Å²) in [5.74, 6) is -1.43. The molecule has 0 atom stereocenters. The quantitative estimate of drug-likeness (QED) is 0.627. The lowest BCUT2D eigenvalue weighted by molar-refractivity contribution is -0.131. The number of nitrogens with zero attached hydrogens (tertiary/aromatic N) is 5. The number of nitrogens with two attached hydrogens (primary N) is 1. The van der Waals surface area contributed by atoms with Gasteiger partial charge in [0.1, 0.15) is 17.9 Å². The fourth-order valence-electron chi connectivity index (χ4n) is 3.35. The highest BCUT2D eigenvalue weighted by molar-refractivity contribution is 6.02. The third kappa shape index (κ3) is 3.68. The van der Waals surface area contributed by atoms with Gasteiger partial charge in [0, 0.05) is 25.2 Å². The van der Waals surface area contributed by atoms with Crippen LogP contribution in [0.3, 0.4) is 0 Å². The minimum atomic E-state index is -0.858. The lowest BCUT2D eigenvalue weighted by Crippen LogP contribution is -2.36. The van der Waals surface area contributed by atoms with Crippen molar-refractivity contribution < 1.29 is 14.0 Å². The van der Waals surface area contributed by atoms with E-state index in [4.69, 9.17) is 5.73 Å². The van der Waals surface area contributed by atoms with Crippen molar-refractivity contribution in [2.24, 2.45) is 5.73 Å². The third-order valence-corrected chi connectivity index (χ3v) is 4.91. The lowest BCUT2D eigenvalue weighted by atomic mass is 10.2. The maximum absolute atomic E-state index is 13.3. The Morgan fingerprint density at radius 3 is 2.23 bits per heavy atom. The molecule has 3 rings (SSSR count). The summed E-state index contributed by atoms with van der Waals surface area (Å²) in [6, 6.07) is 5.43. The highest BCUT2D eigenvalue weighted by Gasteiger charge is 2.25. The molecule has 2 N–H and O–H groups in total. The normalized spacial score (nSPS) is 11.1. The fraction of sp³-hybridized carbons (Fsp3) is 0.350. The van der Waals surface area contributed by atoms with Gasteiger partial charge in [0.25, 0.3) is 5.91 Å². The van der Waals surface area contributed by atoms with Gasteiger partial charge in [-0.3, -0.25) is 18.7 Å². The highest BCUT2D eigenvalue weighted by atomic mass is 19.1. The summed E-state index contributed by atoms with van der Waals surface area (Å²) in [5.41, 5.74) is 5.66. The number of rotatable bonds is 7. The van der Waals surface area contributed by atoms with Crippen LogP contribution in [-0.4, -0.2) is 48.9 Å². The molecule has 0 bridgehead atoms. The molecule has 3 aromatic rings. The summed E-state index contributed by atoms with van der Waals surface area (Å²) in [4.78, 5) is 48.1. The lowest BCUT2D eigenvalue weighted by Gasteiger charge is -2.18. The van der Waals surface area contributed by atoms with Crippen molar-refractivity contribution in [3.05, 3.63) is 46.3 Å². The largest absolute Gasteiger partial charge is 0.364 e. The van der Waals surface area contributed by atoms with E-state index in [1.54, 1.807) is 11.8 Å². The van der Waals surface area contributed by atoms with Crippen LogP contribution in [0.4, 0.5) is 4.39 Å². The van der Waals surface area contributed by atoms with Crippen molar-refractivity contribution >= 4 is 23.0 Å². The SMILES string of the molecule is CCN(CC)C(=O)Cn1c(=O)n(CC)c2nc(-c3ccc(F)cc3)nc(C(N)=O)c21. The number of benzene rings is 1. The molecule has 1 aromatic carbocycles. The molecule has 0 unspecified atom stereocenters. The molecule has 2 heterocycles. The van der Waals surface area contributed by atoms with Gasteiger partial charge in [-0.1, -0.05) is 0 Å². The number of hydrogen-bond acceptors (Lipinski definition) is 5. The fourth-order valence-corrected chi connectivity index (χ4v) is 3.35. The number of likely N-dealkylation sites (N-methyl/N-ethyl adjacent to an activating group) is 1. The zero-order valence-corrected chi connectivity index (χ0v) is 17.1. The Hall–Kier alpha value is -3.56. The summed E-state index contributed by atoms with van der Waals surface area (Å²) in [5, 5.41) is 0.